The fourth-order valence-corrected chi connectivity index (χ4v) is 2.56. The Morgan fingerprint density at radius 1 is 1.37 bits per heavy atom. The van der Waals surface area contributed by atoms with Crippen molar-refractivity contribution in [3.8, 4) is 0 Å². The van der Waals surface area contributed by atoms with Gasteiger partial charge in [0.2, 0.25) is 0 Å². The van der Waals surface area contributed by atoms with Crippen molar-refractivity contribution in [1.29, 1.82) is 0 Å². The molecule has 1 aromatic carbocycles. The Labute approximate surface area is 116 Å². The summed E-state index contributed by atoms with van der Waals surface area (Å²) in [6.07, 6.45) is 4.36. The van der Waals surface area contributed by atoms with Gasteiger partial charge < -0.3 is 10.1 Å². The SMILES string of the molecule is COCC1CCC(C=Nc2ccccc2C(C)C)N1. The van der Waals surface area contributed by atoms with Crippen molar-refractivity contribution in [3.63, 3.8) is 0 Å². The summed E-state index contributed by atoms with van der Waals surface area (Å²) in [5.74, 6) is 0.506. The van der Waals surface area contributed by atoms with E-state index in [1.807, 2.05) is 6.07 Å². The normalized spacial score (nSPS) is 23.6. The van der Waals surface area contributed by atoms with Gasteiger partial charge in [0.25, 0.3) is 0 Å². The maximum atomic E-state index is 5.18. The first-order valence-electron chi connectivity index (χ1n) is 7.08. The molecule has 1 fully saturated rings. The van der Waals surface area contributed by atoms with Crippen LogP contribution in [0.3, 0.4) is 0 Å². The number of ether oxygens (including phenoxy) is 1. The van der Waals surface area contributed by atoms with Crippen LogP contribution in [0.25, 0.3) is 0 Å². The van der Waals surface area contributed by atoms with Crippen LogP contribution in [0.2, 0.25) is 0 Å². The van der Waals surface area contributed by atoms with Gasteiger partial charge in [-0.05, 0) is 30.4 Å². The van der Waals surface area contributed by atoms with Gasteiger partial charge in [0.15, 0.2) is 0 Å². The minimum atomic E-state index is 0.375. The zero-order valence-corrected chi connectivity index (χ0v) is 12.1. The first-order chi connectivity index (χ1) is 9.20. The predicted molar refractivity (Wildman–Crippen MR) is 80.5 cm³/mol. The third kappa shape index (κ3) is 3.88. The molecule has 1 N–H and O–H groups in total. The molecule has 1 heterocycles. The summed E-state index contributed by atoms with van der Waals surface area (Å²) in [5, 5.41) is 3.54. The molecule has 1 aliphatic heterocycles. The van der Waals surface area contributed by atoms with E-state index in [-0.39, 0.29) is 0 Å². The van der Waals surface area contributed by atoms with E-state index in [1.165, 1.54) is 5.56 Å². The van der Waals surface area contributed by atoms with Crippen LogP contribution >= 0.6 is 0 Å². The molecule has 0 saturated carbocycles. The van der Waals surface area contributed by atoms with Crippen LogP contribution in [0.5, 0.6) is 0 Å². The largest absolute Gasteiger partial charge is 0.383 e. The van der Waals surface area contributed by atoms with Crippen LogP contribution in [0.15, 0.2) is 29.3 Å². The van der Waals surface area contributed by atoms with Gasteiger partial charge >= 0.3 is 0 Å². The van der Waals surface area contributed by atoms with Crippen molar-refractivity contribution >= 4 is 11.9 Å². The average molecular weight is 260 g/mol. The lowest BCUT2D eigenvalue weighted by atomic mass is 10.0. The van der Waals surface area contributed by atoms with Gasteiger partial charge in [0.05, 0.1) is 12.3 Å². The lowest BCUT2D eigenvalue weighted by Crippen LogP contribution is -2.33. The molecule has 2 atom stereocenters. The highest BCUT2D eigenvalue weighted by Gasteiger charge is 2.21. The highest BCUT2D eigenvalue weighted by atomic mass is 16.5. The molecule has 104 valence electrons. The Morgan fingerprint density at radius 2 is 2.16 bits per heavy atom. The summed E-state index contributed by atoms with van der Waals surface area (Å²) >= 11 is 0. The second-order valence-corrected chi connectivity index (χ2v) is 5.49. The van der Waals surface area contributed by atoms with Gasteiger partial charge in [-0.25, -0.2) is 0 Å². The molecule has 0 radical (unpaired) electrons. The van der Waals surface area contributed by atoms with Crippen molar-refractivity contribution in [2.75, 3.05) is 13.7 Å². The van der Waals surface area contributed by atoms with E-state index >= 15 is 0 Å². The molecule has 0 aliphatic carbocycles. The van der Waals surface area contributed by atoms with Crippen LogP contribution in [-0.2, 0) is 4.74 Å². The van der Waals surface area contributed by atoms with E-state index < -0.39 is 0 Å². The first-order valence-corrected chi connectivity index (χ1v) is 7.08. The summed E-state index contributed by atoms with van der Waals surface area (Å²) in [6.45, 7) is 5.19. The van der Waals surface area contributed by atoms with E-state index in [2.05, 4.69) is 48.6 Å². The van der Waals surface area contributed by atoms with E-state index in [0.717, 1.165) is 25.1 Å². The number of hydrogen-bond acceptors (Lipinski definition) is 3. The molecule has 0 spiro atoms. The smallest absolute Gasteiger partial charge is 0.0660 e. The molecule has 3 heteroatoms. The topological polar surface area (TPSA) is 33.6 Å². The highest BCUT2D eigenvalue weighted by Crippen LogP contribution is 2.26. The number of rotatable bonds is 5. The molecule has 19 heavy (non-hydrogen) atoms. The molecule has 2 unspecified atom stereocenters. The lowest BCUT2D eigenvalue weighted by molar-refractivity contribution is 0.173. The standard InChI is InChI=1S/C16H24N2O/c1-12(2)15-6-4-5-7-16(15)17-10-13-8-9-14(18-13)11-19-3/h4-7,10,12-14,18H,8-9,11H2,1-3H3. The molecule has 1 aromatic rings. The molecule has 1 aliphatic rings. The molecule has 0 aromatic heterocycles. The van der Waals surface area contributed by atoms with Crippen LogP contribution in [-0.4, -0.2) is 32.0 Å². The minimum absolute atomic E-state index is 0.375. The molecule has 3 nitrogen and oxygen atoms in total. The summed E-state index contributed by atoms with van der Waals surface area (Å²) < 4.78 is 5.18. The second-order valence-electron chi connectivity index (χ2n) is 5.49. The van der Waals surface area contributed by atoms with Gasteiger partial charge in [0.1, 0.15) is 0 Å². The predicted octanol–water partition coefficient (Wildman–Crippen LogP) is 3.28. The number of nitrogens with zero attached hydrogens (tertiary/aromatic N) is 1. The molecule has 0 bridgehead atoms. The number of methoxy groups -OCH3 is 1. The van der Waals surface area contributed by atoms with E-state index in [9.17, 15) is 0 Å². The molecular weight excluding hydrogens is 236 g/mol. The first kappa shape index (κ1) is 14.2. The van der Waals surface area contributed by atoms with Gasteiger partial charge in [0, 0.05) is 25.4 Å². The van der Waals surface area contributed by atoms with Gasteiger partial charge in [-0.15, -0.1) is 0 Å². The maximum Gasteiger partial charge on any atom is 0.0660 e. The Bertz CT molecular complexity index is 429. The fraction of sp³-hybridized carbons (Fsp3) is 0.562. The van der Waals surface area contributed by atoms with Crippen LogP contribution in [0, 0.1) is 0 Å². The Kier molecular flexibility index (Phi) is 5.11. The maximum absolute atomic E-state index is 5.18. The van der Waals surface area contributed by atoms with Crippen molar-refractivity contribution in [2.45, 2.75) is 44.7 Å². The number of para-hydroxylation sites is 1. The van der Waals surface area contributed by atoms with Crippen LogP contribution in [0.1, 0.15) is 38.2 Å². The molecule has 0 amide bonds. The van der Waals surface area contributed by atoms with E-state index in [0.29, 0.717) is 18.0 Å². The van der Waals surface area contributed by atoms with Gasteiger partial charge in [-0.2, -0.15) is 0 Å². The molecular formula is C16H24N2O. The number of benzene rings is 1. The van der Waals surface area contributed by atoms with Crippen molar-refractivity contribution in [2.24, 2.45) is 4.99 Å². The number of hydrogen-bond donors (Lipinski definition) is 1. The Balaban J connectivity index is 2.00. The van der Waals surface area contributed by atoms with Crippen LogP contribution < -0.4 is 5.32 Å². The zero-order valence-electron chi connectivity index (χ0n) is 12.1. The van der Waals surface area contributed by atoms with E-state index in [4.69, 9.17) is 4.74 Å². The van der Waals surface area contributed by atoms with Gasteiger partial charge in [-0.1, -0.05) is 32.0 Å². The minimum Gasteiger partial charge on any atom is -0.383 e. The average Bonchev–Trinajstić information content (AvgIpc) is 2.85. The zero-order chi connectivity index (χ0) is 13.7. The third-order valence-electron chi connectivity index (χ3n) is 3.60. The number of nitrogens with one attached hydrogen (secondary N) is 1. The van der Waals surface area contributed by atoms with Crippen molar-refractivity contribution < 1.29 is 4.74 Å². The summed E-state index contributed by atoms with van der Waals surface area (Å²) in [5.41, 5.74) is 2.40. The fourth-order valence-electron chi connectivity index (χ4n) is 2.56. The van der Waals surface area contributed by atoms with Crippen molar-refractivity contribution in [3.05, 3.63) is 29.8 Å². The molecule has 2 rings (SSSR count). The van der Waals surface area contributed by atoms with Crippen LogP contribution in [0.4, 0.5) is 5.69 Å². The second kappa shape index (κ2) is 6.83. The Morgan fingerprint density at radius 3 is 2.89 bits per heavy atom. The summed E-state index contributed by atoms with van der Waals surface area (Å²) in [4.78, 5) is 4.68. The van der Waals surface area contributed by atoms with Crippen molar-refractivity contribution in [1.82, 2.24) is 5.32 Å². The third-order valence-corrected chi connectivity index (χ3v) is 3.60. The lowest BCUT2D eigenvalue weighted by Gasteiger charge is -2.11. The quantitative estimate of drug-likeness (QED) is 0.824. The summed E-state index contributed by atoms with van der Waals surface area (Å²) in [7, 11) is 1.75. The Hall–Kier alpha value is -1.19. The van der Waals surface area contributed by atoms with E-state index in [1.54, 1.807) is 7.11 Å². The highest BCUT2D eigenvalue weighted by molar-refractivity contribution is 5.70. The molecule has 1 saturated heterocycles. The number of aliphatic imine (C=N–C) groups is 1. The monoisotopic (exact) mass is 260 g/mol. The summed E-state index contributed by atoms with van der Waals surface area (Å²) in [6, 6.07) is 9.23. The van der Waals surface area contributed by atoms with Gasteiger partial charge in [-0.3, -0.25) is 4.99 Å².